The lowest BCUT2D eigenvalue weighted by Gasteiger charge is -2.13. The van der Waals surface area contributed by atoms with E-state index in [4.69, 9.17) is 4.98 Å². The molecule has 3 aromatic rings. The summed E-state index contributed by atoms with van der Waals surface area (Å²) in [6.07, 6.45) is 5.15. The Morgan fingerprint density at radius 1 is 1.08 bits per heavy atom. The van der Waals surface area contributed by atoms with E-state index in [0.717, 1.165) is 30.9 Å². The van der Waals surface area contributed by atoms with Gasteiger partial charge < -0.3 is 9.67 Å². The first-order chi connectivity index (χ1) is 12.7. The number of aliphatic hydroxyl groups is 1. The summed E-state index contributed by atoms with van der Waals surface area (Å²) in [6, 6.07) is 14.5. The molecule has 0 fully saturated rings. The molecule has 136 valence electrons. The van der Waals surface area contributed by atoms with Gasteiger partial charge in [0.2, 0.25) is 0 Å². The maximum atomic E-state index is 9.28. The van der Waals surface area contributed by atoms with Crippen LogP contribution in [0.15, 0.2) is 64.8 Å². The van der Waals surface area contributed by atoms with Crippen LogP contribution in [0.3, 0.4) is 0 Å². The quantitative estimate of drug-likeness (QED) is 0.636. The van der Waals surface area contributed by atoms with Crippen LogP contribution in [-0.4, -0.2) is 26.2 Å². The van der Waals surface area contributed by atoms with Crippen LogP contribution in [0.25, 0.3) is 0 Å². The molecule has 0 radical (unpaired) electrons. The zero-order chi connectivity index (χ0) is 18.4. The second-order valence-electron chi connectivity index (χ2n) is 6.56. The van der Waals surface area contributed by atoms with Gasteiger partial charge in [0.1, 0.15) is 10.9 Å². The molecule has 0 atom stereocenters. The van der Waals surface area contributed by atoms with Crippen molar-refractivity contribution in [1.29, 1.82) is 0 Å². The van der Waals surface area contributed by atoms with Crippen molar-refractivity contribution in [2.24, 2.45) is 0 Å². The molecule has 0 spiro atoms. The fourth-order valence-corrected chi connectivity index (χ4v) is 4.03. The van der Waals surface area contributed by atoms with Crippen molar-refractivity contribution in [3.8, 4) is 0 Å². The van der Waals surface area contributed by atoms with E-state index in [2.05, 4.69) is 47.7 Å². The molecule has 5 heteroatoms. The number of aromatic nitrogens is 3. The lowest BCUT2D eigenvalue weighted by atomic mass is 10.1. The number of rotatable bonds is 8. The molecule has 2 heterocycles. The molecule has 3 rings (SSSR count). The Bertz CT molecular complexity index is 816. The van der Waals surface area contributed by atoms with Gasteiger partial charge in [-0.3, -0.25) is 4.98 Å². The Labute approximate surface area is 159 Å². The summed E-state index contributed by atoms with van der Waals surface area (Å²) in [6.45, 7) is 5.31. The first-order valence-electron chi connectivity index (χ1n) is 9.01. The highest BCUT2D eigenvalue weighted by Crippen LogP contribution is 2.35. The maximum absolute atomic E-state index is 9.28. The third-order valence-electron chi connectivity index (χ3n) is 4.18. The monoisotopic (exact) mass is 367 g/mol. The highest BCUT2D eigenvalue weighted by Gasteiger charge is 2.20. The van der Waals surface area contributed by atoms with Crippen molar-refractivity contribution in [2.75, 3.05) is 6.61 Å². The van der Waals surface area contributed by atoms with E-state index in [1.807, 2.05) is 30.6 Å². The highest BCUT2D eigenvalue weighted by atomic mass is 32.2. The van der Waals surface area contributed by atoms with Crippen LogP contribution in [-0.2, 0) is 13.0 Å². The Kier molecular flexibility index (Phi) is 6.47. The van der Waals surface area contributed by atoms with Gasteiger partial charge in [0.15, 0.2) is 0 Å². The van der Waals surface area contributed by atoms with Gasteiger partial charge in [-0.15, -0.1) is 0 Å². The molecule has 1 N–H and O–H groups in total. The summed E-state index contributed by atoms with van der Waals surface area (Å²) in [5.41, 5.74) is 2.33. The number of aryl methyl sites for hydroxylation is 1. The number of benzene rings is 1. The minimum absolute atomic E-state index is 0.181. The second-order valence-corrected chi connectivity index (χ2v) is 7.62. The molecular formula is C21H25N3OS. The van der Waals surface area contributed by atoms with Crippen LogP contribution < -0.4 is 0 Å². The standard InChI is InChI=1S/C21H25N3OS/c1-16(2)20-21(26-18-7-4-3-5-8-18)24(19(23-20)9-6-14-25)15-17-10-12-22-13-11-17/h3-5,7-8,10-13,16,25H,6,9,14-15H2,1-2H3. The fourth-order valence-electron chi connectivity index (χ4n) is 2.85. The summed E-state index contributed by atoms with van der Waals surface area (Å²) in [5.74, 6) is 1.38. The second kappa shape index (κ2) is 9.01. The van der Waals surface area contributed by atoms with Gasteiger partial charge in [-0.1, -0.05) is 43.8 Å². The Morgan fingerprint density at radius 2 is 1.81 bits per heavy atom. The summed E-state index contributed by atoms with van der Waals surface area (Å²) in [4.78, 5) is 10.3. The number of hydrogen-bond donors (Lipinski definition) is 1. The molecule has 0 saturated heterocycles. The van der Waals surface area contributed by atoms with Crippen molar-refractivity contribution in [1.82, 2.24) is 14.5 Å². The molecular weight excluding hydrogens is 342 g/mol. The zero-order valence-electron chi connectivity index (χ0n) is 15.3. The average molecular weight is 368 g/mol. The van der Waals surface area contributed by atoms with Crippen LogP contribution >= 0.6 is 11.8 Å². The van der Waals surface area contributed by atoms with Crippen molar-refractivity contribution in [2.45, 2.75) is 49.1 Å². The Balaban J connectivity index is 2.03. The normalized spacial score (nSPS) is 11.2. The van der Waals surface area contributed by atoms with Crippen LogP contribution in [0.1, 0.15) is 43.3 Å². The summed E-state index contributed by atoms with van der Waals surface area (Å²) in [5, 5.41) is 10.5. The third kappa shape index (κ3) is 4.54. The molecule has 1 aromatic carbocycles. The summed E-state index contributed by atoms with van der Waals surface area (Å²) < 4.78 is 2.30. The topological polar surface area (TPSA) is 50.9 Å². The van der Waals surface area contributed by atoms with Crippen molar-refractivity contribution < 1.29 is 5.11 Å². The molecule has 0 amide bonds. The van der Waals surface area contributed by atoms with Crippen LogP contribution in [0.2, 0.25) is 0 Å². The van der Waals surface area contributed by atoms with Crippen LogP contribution in [0.5, 0.6) is 0 Å². The minimum Gasteiger partial charge on any atom is -0.396 e. The van der Waals surface area contributed by atoms with Crippen molar-refractivity contribution in [3.63, 3.8) is 0 Å². The molecule has 0 aliphatic carbocycles. The lowest BCUT2D eigenvalue weighted by Crippen LogP contribution is -2.07. The molecule has 0 saturated carbocycles. The molecule has 26 heavy (non-hydrogen) atoms. The Hall–Kier alpha value is -2.11. The smallest absolute Gasteiger partial charge is 0.110 e. The summed E-state index contributed by atoms with van der Waals surface area (Å²) >= 11 is 1.77. The maximum Gasteiger partial charge on any atom is 0.110 e. The molecule has 0 bridgehead atoms. The van der Waals surface area contributed by atoms with E-state index in [0.29, 0.717) is 5.92 Å². The van der Waals surface area contributed by atoms with Crippen LogP contribution in [0.4, 0.5) is 0 Å². The Morgan fingerprint density at radius 3 is 2.46 bits per heavy atom. The highest BCUT2D eigenvalue weighted by molar-refractivity contribution is 7.99. The SMILES string of the molecule is CC(C)c1nc(CCCO)n(Cc2ccncc2)c1Sc1ccccc1. The van der Waals surface area contributed by atoms with E-state index < -0.39 is 0 Å². The third-order valence-corrected chi connectivity index (χ3v) is 5.31. The number of pyridine rings is 1. The molecule has 0 aliphatic rings. The van der Waals surface area contributed by atoms with E-state index in [1.165, 1.54) is 15.5 Å². The van der Waals surface area contributed by atoms with Crippen LogP contribution in [0, 0.1) is 0 Å². The first-order valence-corrected chi connectivity index (χ1v) is 9.82. The van der Waals surface area contributed by atoms with E-state index in [1.54, 1.807) is 11.8 Å². The van der Waals surface area contributed by atoms with Gasteiger partial charge in [0.25, 0.3) is 0 Å². The summed E-state index contributed by atoms with van der Waals surface area (Å²) in [7, 11) is 0. The van der Waals surface area contributed by atoms with Crippen molar-refractivity contribution in [3.05, 3.63) is 71.9 Å². The van der Waals surface area contributed by atoms with Gasteiger partial charge in [-0.2, -0.15) is 0 Å². The van der Waals surface area contributed by atoms with E-state index in [9.17, 15) is 5.11 Å². The number of nitrogens with zero attached hydrogens (tertiary/aromatic N) is 3. The molecule has 0 aliphatic heterocycles. The number of imidazole rings is 1. The first kappa shape index (κ1) is 18.7. The van der Waals surface area contributed by atoms with Gasteiger partial charge in [-0.25, -0.2) is 4.98 Å². The molecule has 0 unspecified atom stereocenters. The zero-order valence-corrected chi connectivity index (χ0v) is 16.1. The fraction of sp³-hybridized carbons (Fsp3) is 0.333. The number of aliphatic hydroxyl groups excluding tert-OH is 1. The van der Waals surface area contributed by atoms with E-state index in [-0.39, 0.29) is 6.61 Å². The lowest BCUT2D eigenvalue weighted by molar-refractivity contribution is 0.287. The average Bonchev–Trinajstić information content (AvgIpc) is 2.99. The minimum atomic E-state index is 0.181. The molecule has 2 aromatic heterocycles. The predicted molar refractivity (Wildman–Crippen MR) is 106 cm³/mol. The largest absolute Gasteiger partial charge is 0.396 e. The van der Waals surface area contributed by atoms with Crippen molar-refractivity contribution >= 4 is 11.8 Å². The van der Waals surface area contributed by atoms with Gasteiger partial charge in [0.05, 0.1) is 5.69 Å². The van der Waals surface area contributed by atoms with Gasteiger partial charge in [-0.05, 0) is 42.2 Å². The van der Waals surface area contributed by atoms with E-state index >= 15 is 0 Å². The predicted octanol–water partition coefficient (Wildman–Crippen LogP) is 4.53. The van der Waals surface area contributed by atoms with Gasteiger partial charge in [0, 0.05) is 36.9 Å². The van der Waals surface area contributed by atoms with Gasteiger partial charge >= 0.3 is 0 Å². The molecule has 4 nitrogen and oxygen atoms in total. The number of hydrogen-bond acceptors (Lipinski definition) is 4.